The van der Waals surface area contributed by atoms with Crippen LogP contribution in [0.3, 0.4) is 0 Å². The van der Waals surface area contributed by atoms with Crippen LogP contribution in [-0.4, -0.2) is 41.9 Å². The maximum Gasteiger partial charge on any atom is 0.298 e. The fourth-order valence-electron chi connectivity index (χ4n) is 2.14. The highest BCUT2D eigenvalue weighted by Crippen LogP contribution is 2.08. The lowest BCUT2D eigenvalue weighted by Crippen LogP contribution is -2.47. The van der Waals surface area contributed by atoms with Gasteiger partial charge in [0.2, 0.25) is 0 Å². The average Bonchev–Trinajstić information content (AvgIpc) is 2.41. The molecule has 3 nitrogen and oxygen atoms in total. The van der Waals surface area contributed by atoms with Crippen LogP contribution in [0.2, 0.25) is 0 Å². The van der Waals surface area contributed by atoms with Crippen molar-refractivity contribution in [3.63, 3.8) is 0 Å². The van der Waals surface area contributed by atoms with Crippen molar-refractivity contribution in [1.82, 2.24) is 9.80 Å². The van der Waals surface area contributed by atoms with E-state index in [0.717, 1.165) is 32.7 Å². The first-order chi connectivity index (χ1) is 8.79. The van der Waals surface area contributed by atoms with Gasteiger partial charge in [0, 0.05) is 32.7 Å². The van der Waals surface area contributed by atoms with E-state index in [-0.39, 0.29) is 5.91 Å². The molecule has 0 bridgehead atoms. The van der Waals surface area contributed by atoms with E-state index in [0.29, 0.717) is 0 Å². The highest BCUT2D eigenvalue weighted by Gasteiger charge is 2.19. The smallest absolute Gasteiger partial charge is 0.298 e. The quantitative estimate of drug-likeness (QED) is 0.731. The Morgan fingerprint density at radius 2 is 1.83 bits per heavy atom. The molecule has 1 aromatic rings. The normalized spacial score (nSPS) is 15.9. The molecule has 94 valence electrons. The molecular formula is C15H18N2O. The van der Waals surface area contributed by atoms with Crippen LogP contribution < -0.4 is 0 Å². The van der Waals surface area contributed by atoms with Crippen LogP contribution >= 0.6 is 0 Å². The molecule has 0 atom stereocenters. The Morgan fingerprint density at radius 3 is 2.44 bits per heavy atom. The van der Waals surface area contributed by atoms with Gasteiger partial charge in [-0.25, -0.2) is 0 Å². The monoisotopic (exact) mass is 242 g/mol. The largest absolute Gasteiger partial charge is 0.329 e. The third kappa shape index (κ3) is 3.35. The lowest BCUT2D eigenvalue weighted by atomic mass is 10.2. The second-order valence-electron chi connectivity index (χ2n) is 4.43. The van der Waals surface area contributed by atoms with E-state index in [2.05, 4.69) is 41.0 Å². The van der Waals surface area contributed by atoms with Crippen LogP contribution in [0.25, 0.3) is 0 Å². The van der Waals surface area contributed by atoms with E-state index in [1.807, 2.05) is 11.0 Å². The molecule has 0 aromatic heterocycles. The van der Waals surface area contributed by atoms with Gasteiger partial charge in [0.15, 0.2) is 0 Å². The molecule has 1 heterocycles. The molecular weight excluding hydrogens is 224 g/mol. The first-order valence-electron chi connectivity index (χ1n) is 6.27. The summed E-state index contributed by atoms with van der Waals surface area (Å²) < 4.78 is 0. The minimum Gasteiger partial charge on any atom is -0.329 e. The van der Waals surface area contributed by atoms with E-state index in [1.165, 1.54) is 5.56 Å². The van der Waals surface area contributed by atoms with E-state index in [9.17, 15) is 4.79 Å². The Labute approximate surface area is 108 Å². The van der Waals surface area contributed by atoms with Gasteiger partial charge in [-0.2, -0.15) is 0 Å². The molecule has 0 N–H and O–H groups in total. The molecule has 18 heavy (non-hydrogen) atoms. The van der Waals surface area contributed by atoms with E-state index in [4.69, 9.17) is 0 Å². The minimum atomic E-state index is -0.0446. The van der Waals surface area contributed by atoms with Gasteiger partial charge in [0.1, 0.15) is 0 Å². The number of piperazine rings is 1. The first-order valence-corrected chi connectivity index (χ1v) is 6.27. The van der Waals surface area contributed by atoms with Crippen molar-refractivity contribution in [1.29, 1.82) is 0 Å². The highest BCUT2D eigenvalue weighted by molar-refractivity contribution is 5.93. The number of nitrogens with zero attached hydrogens (tertiary/aromatic N) is 2. The number of benzene rings is 1. The summed E-state index contributed by atoms with van der Waals surface area (Å²) in [6, 6.07) is 10.4. The lowest BCUT2D eigenvalue weighted by molar-refractivity contribution is -0.126. The van der Waals surface area contributed by atoms with Crippen molar-refractivity contribution in [2.45, 2.75) is 13.5 Å². The van der Waals surface area contributed by atoms with Gasteiger partial charge in [-0.15, -0.1) is 0 Å². The maximum atomic E-state index is 11.6. The molecule has 0 saturated carbocycles. The van der Waals surface area contributed by atoms with E-state index in [1.54, 1.807) is 6.92 Å². The number of carbonyl (C=O) groups is 1. The standard InChI is InChI=1S/C15H18N2O/c1-2-6-15(18)17-11-9-16(10-12-17)13-14-7-4-3-5-8-14/h3-5,7-8H,9-13H2,1H3. The molecule has 1 fully saturated rings. The summed E-state index contributed by atoms with van der Waals surface area (Å²) >= 11 is 0. The van der Waals surface area contributed by atoms with Crippen LogP contribution in [0.15, 0.2) is 30.3 Å². The topological polar surface area (TPSA) is 23.6 Å². The Morgan fingerprint density at radius 1 is 1.17 bits per heavy atom. The van der Waals surface area contributed by atoms with Crippen molar-refractivity contribution in [2.24, 2.45) is 0 Å². The Hall–Kier alpha value is -1.79. The molecule has 2 rings (SSSR count). The number of amides is 1. The number of hydrogen-bond donors (Lipinski definition) is 0. The van der Waals surface area contributed by atoms with Crippen molar-refractivity contribution in [3.05, 3.63) is 35.9 Å². The lowest BCUT2D eigenvalue weighted by Gasteiger charge is -2.33. The second-order valence-corrected chi connectivity index (χ2v) is 4.43. The highest BCUT2D eigenvalue weighted by atomic mass is 16.2. The van der Waals surface area contributed by atoms with Gasteiger partial charge in [0.25, 0.3) is 5.91 Å². The van der Waals surface area contributed by atoms with Crippen molar-refractivity contribution in [3.8, 4) is 11.8 Å². The molecule has 0 aliphatic carbocycles. The molecule has 0 unspecified atom stereocenters. The summed E-state index contributed by atoms with van der Waals surface area (Å²) in [5.41, 5.74) is 1.32. The zero-order valence-electron chi connectivity index (χ0n) is 10.7. The number of hydrogen-bond acceptors (Lipinski definition) is 2. The number of rotatable bonds is 2. The fourth-order valence-corrected chi connectivity index (χ4v) is 2.14. The van der Waals surface area contributed by atoms with Gasteiger partial charge in [0.05, 0.1) is 0 Å². The molecule has 3 heteroatoms. The molecule has 1 aromatic carbocycles. The zero-order chi connectivity index (χ0) is 12.8. The van der Waals surface area contributed by atoms with Crippen LogP contribution in [-0.2, 0) is 11.3 Å². The third-order valence-electron chi connectivity index (χ3n) is 3.14. The predicted molar refractivity (Wildman–Crippen MR) is 71.7 cm³/mol. The Balaban J connectivity index is 1.83. The van der Waals surface area contributed by atoms with Crippen LogP contribution in [0.5, 0.6) is 0 Å². The minimum absolute atomic E-state index is 0.0446. The Kier molecular flexibility index (Phi) is 4.38. The van der Waals surface area contributed by atoms with E-state index < -0.39 is 0 Å². The van der Waals surface area contributed by atoms with Crippen molar-refractivity contribution in [2.75, 3.05) is 26.2 Å². The summed E-state index contributed by atoms with van der Waals surface area (Å²) in [7, 11) is 0. The summed E-state index contributed by atoms with van der Waals surface area (Å²) in [5, 5.41) is 0. The maximum absolute atomic E-state index is 11.6. The summed E-state index contributed by atoms with van der Waals surface area (Å²) in [5.74, 6) is 5.21. The van der Waals surface area contributed by atoms with Gasteiger partial charge in [-0.05, 0) is 18.4 Å². The Bertz CT molecular complexity index is 450. The van der Waals surface area contributed by atoms with Crippen molar-refractivity contribution >= 4 is 5.91 Å². The molecule has 1 amide bonds. The molecule has 1 saturated heterocycles. The van der Waals surface area contributed by atoms with Gasteiger partial charge < -0.3 is 4.90 Å². The summed E-state index contributed by atoms with van der Waals surface area (Å²) in [4.78, 5) is 15.8. The molecule has 0 radical (unpaired) electrons. The summed E-state index contributed by atoms with van der Waals surface area (Å²) in [6.07, 6.45) is 0. The van der Waals surface area contributed by atoms with E-state index >= 15 is 0 Å². The molecule has 1 aliphatic rings. The summed E-state index contributed by atoms with van der Waals surface area (Å²) in [6.45, 7) is 6.06. The molecule has 0 spiro atoms. The van der Waals surface area contributed by atoms with Gasteiger partial charge in [-0.1, -0.05) is 36.3 Å². The average molecular weight is 242 g/mol. The van der Waals surface area contributed by atoms with Crippen LogP contribution in [0.1, 0.15) is 12.5 Å². The van der Waals surface area contributed by atoms with Crippen LogP contribution in [0.4, 0.5) is 0 Å². The third-order valence-corrected chi connectivity index (χ3v) is 3.14. The zero-order valence-corrected chi connectivity index (χ0v) is 10.7. The van der Waals surface area contributed by atoms with Crippen LogP contribution in [0, 0.1) is 11.8 Å². The van der Waals surface area contributed by atoms with Crippen molar-refractivity contribution < 1.29 is 4.79 Å². The number of carbonyl (C=O) groups excluding carboxylic acids is 1. The van der Waals surface area contributed by atoms with Gasteiger partial charge >= 0.3 is 0 Å². The first kappa shape index (κ1) is 12.7. The predicted octanol–water partition coefficient (Wildman–Crippen LogP) is 1.35. The SMILES string of the molecule is CC#CC(=O)N1CCN(Cc2ccccc2)CC1. The van der Waals surface area contributed by atoms with Gasteiger partial charge in [-0.3, -0.25) is 9.69 Å². The fraction of sp³-hybridized carbons (Fsp3) is 0.400. The molecule has 1 aliphatic heterocycles. The second kappa shape index (κ2) is 6.23.